The van der Waals surface area contributed by atoms with Crippen LogP contribution in [0.1, 0.15) is 30.0 Å². The van der Waals surface area contributed by atoms with E-state index in [-0.39, 0.29) is 31.8 Å². The zero-order valence-electron chi connectivity index (χ0n) is 16.1. The Morgan fingerprint density at radius 3 is 2.77 bits per heavy atom. The van der Waals surface area contributed by atoms with Crippen molar-refractivity contribution in [2.75, 3.05) is 19.8 Å². The Morgan fingerprint density at radius 1 is 1.40 bits per heavy atom. The van der Waals surface area contributed by atoms with Crippen molar-refractivity contribution in [3.05, 3.63) is 61.9 Å². The lowest BCUT2D eigenvalue weighted by Gasteiger charge is -2.29. The number of hydrogen-bond acceptors (Lipinski definition) is 8. The van der Waals surface area contributed by atoms with E-state index in [2.05, 4.69) is 26.2 Å². The van der Waals surface area contributed by atoms with Crippen LogP contribution in [-0.2, 0) is 9.53 Å². The molecule has 1 aromatic heterocycles. The minimum Gasteiger partial charge on any atom is -0.463 e. The minimum atomic E-state index is -0.785. The quantitative estimate of drug-likeness (QED) is 0.484. The topological polar surface area (TPSA) is 104 Å². The summed E-state index contributed by atoms with van der Waals surface area (Å²) in [4.78, 5) is 21.9. The highest BCUT2D eigenvalue weighted by atomic mass is 79.9. The van der Waals surface area contributed by atoms with Crippen LogP contribution >= 0.6 is 27.3 Å². The summed E-state index contributed by atoms with van der Waals surface area (Å²) in [5.74, 6) is -1.03. The highest BCUT2D eigenvalue weighted by Gasteiger charge is 2.34. The van der Waals surface area contributed by atoms with Crippen molar-refractivity contribution >= 4 is 39.1 Å². The van der Waals surface area contributed by atoms with Gasteiger partial charge in [0, 0.05) is 40.9 Å². The van der Waals surface area contributed by atoms with E-state index in [0.29, 0.717) is 26.6 Å². The molecular weight excluding hydrogens is 477 g/mol. The third kappa shape index (κ3) is 4.94. The molecule has 10 heteroatoms. The number of thiazole rings is 1. The molecule has 0 bridgehead atoms. The summed E-state index contributed by atoms with van der Waals surface area (Å²) in [7, 11) is 0. The van der Waals surface area contributed by atoms with E-state index in [1.54, 1.807) is 24.6 Å². The molecule has 0 aliphatic carbocycles. The monoisotopic (exact) mass is 497 g/mol. The van der Waals surface area contributed by atoms with Crippen molar-refractivity contribution in [1.82, 2.24) is 10.3 Å². The number of hydrogen-bond donors (Lipinski definition) is 3. The maximum Gasteiger partial charge on any atom is 0.338 e. The van der Waals surface area contributed by atoms with E-state index in [1.165, 1.54) is 23.5 Å². The lowest BCUT2D eigenvalue weighted by molar-refractivity contribution is -0.139. The van der Waals surface area contributed by atoms with Crippen molar-refractivity contribution in [2.45, 2.75) is 19.4 Å². The van der Waals surface area contributed by atoms with Gasteiger partial charge in [-0.05, 0) is 31.0 Å². The number of nitrogens with one attached hydrogen (secondary N) is 1. The van der Waals surface area contributed by atoms with Gasteiger partial charge in [-0.1, -0.05) is 22.0 Å². The first kappa shape index (κ1) is 22.5. The summed E-state index contributed by atoms with van der Waals surface area (Å²) < 4.78 is 19.4. The molecule has 160 valence electrons. The predicted octanol–water partition coefficient (Wildman–Crippen LogP) is 2.94. The number of aromatic nitrogens is 1. The van der Waals surface area contributed by atoms with E-state index >= 15 is 0 Å². The van der Waals surface area contributed by atoms with Crippen molar-refractivity contribution in [3.8, 4) is 0 Å². The second-order valence-corrected chi connectivity index (χ2v) is 8.31. The van der Waals surface area contributed by atoms with Gasteiger partial charge in [0.15, 0.2) is 10.8 Å². The molecule has 1 aliphatic heterocycles. The summed E-state index contributed by atoms with van der Waals surface area (Å²) in [6, 6.07) is 3.38. The second kappa shape index (κ2) is 10.3. The van der Waals surface area contributed by atoms with Gasteiger partial charge in [0.1, 0.15) is 11.9 Å². The Kier molecular flexibility index (Phi) is 7.70. The van der Waals surface area contributed by atoms with Gasteiger partial charge in [-0.2, -0.15) is 0 Å². The fourth-order valence-electron chi connectivity index (χ4n) is 3.08. The first-order valence-electron chi connectivity index (χ1n) is 9.29. The van der Waals surface area contributed by atoms with Crippen LogP contribution < -0.4 is 5.32 Å². The maximum atomic E-state index is 13.7. The van der Waals surface area contributed by atoms with Crippen LogP contribution in [0.25, 0.3) is 0 Å². The van der Waals surface area contributed by atoms with Gasteiger partial charge in [0.2, 0.25) is 0 Å². The highest BCUT2D eigenvalue weighted by Crippen LogP contribution is 2.38. The second-order valence-electron chi connectivity index (χ2n) is 6.56. The van der Waals surface area contributed by atoms with Crippen LogP contribution in [-0.4, -0.2) is 46.8 Å². The smallest absolute Gasteiger partial charge is 0.338 e. The molecule has 1 aliphatic rings. The molecule has 0 spiro atoms. The number of amidine groups is 1. The van der Waals surface area contributed by atoms with Crippen molar-refractivity contribution in [2.24, 2.45) is 10.9 Å². The van der Waals surface area contributed by atoms with E-state index < -0.39 is 23.7 Å². The molecule has 1 unspecified atom stereocenters. The Balaban J connectivity index is 2.17. The maximum absolute atomic E-state index is 13.7. The molecule has 7 nitrogen and oxygen atoms in total. The van der Waals surface area contributed by atoms with Gasteiger partial charge >= 0.3 is 5.97 Å². The van der Waals surface area contributed by atoms with Gasteiger partial charge in [0.25, 0.3) is 0 Å². The minimum absolute atomic E-state index is 0.166. The molecule has 0 saturated carbocycles. The molecule has 1 atom stereocenters. The number of carbonyl (C=O) groups excluding carboxylic acids is 1. The van der Waals surface area contributed by atoms with Crippen molar-refractivity contribution < 1.29 is 24.1 Å². The Labute approximate surface area is 185 Å². The Morgan fingerprint density at radius 2 is 2.17 bits per heavy atom. The first-order chi connectivity index (χ1) is 14.5. The summed E-state index contributed by atoms with van der Waals surface area (Å²) in [6.45, 7) is 1.35. The number of carbonyl (C=O) groups is 1. The number of aliphatic hydroxyl groups is 2. The van der Waals surface area contributed by atoms with Gasteiger partial charge < -0.3 is 20.3 Å². The van der Waals surface area contributed by atoms with Crippen LogP contribution in [0.15, 0.2) is 50.5 Å². The molecule has 2 aromatic rings. The summed E-state index contributed by atoms with van der Waals surface area (Å²) in [5, 5.41) is 24.7. The summed E-state index contributed by atoms with van der Waals surface area (Å²) >= 11 is 4.74. The molecular formula is C20H21BrFN3O4S. The largest absolute Gasteiger partial charge is 0.463 e. The third-order valence-corrected chi connectivity index (χ3v) is 5.99. The fraction of sp³-hybridized carbons (Fsp3) is 0.350. The molecule has 3 rings (SSSR count). The lowest BCUT2D eigenvalue weighted by Crippen LogP contribution is -2.35. The van der Waals surface area contributed by atoms with E-state index in [9.17, 15) is 19.4 Å². The summed E-state index contributed by atoms with van der Waals surface area (Å²) in [5.41, 5.74) is 1.30. The summed E-state index contributed by atoms with van der Waals surface area (Å²) in [6.07, 6.45) is 1.84. The lowest BCUT2D eigenvalue weighted by atomic mass is 9.92. The molecule has 30 heavy (non-hydrogen) atoms. The molecule has 3 N–H and O–H groups in total. The van der Waals surface area contributed by atoms with Gasteiger partial charge in [-0.15, -0.1) is 11.3 Å². The van der Waals surface area contributed by atoms with Crippen LogP contribution in [0.2, 0.25) is 0 Å². The number of rotatable bonds is 8. The molecule has 0 fully saturated rings. The van der Waals surface area contributed by atoms with Crippen LogP contribution in [0, 0.1) is 11.7 Å². The predicted molar refractivity (Wildman–Crippen MR) is 115 cm³/mol. The number of halogens is 2. The van der Waals surface area contributed by atoms with Crippen molar-refractivity contribution in [3.63, 3.8) is 0 Å². The average molecular weight is 498 g/mol. The number of allylic oxidation sites excluding steroid dienone is 1. The zero-order valence-corrected chi connectivity index (χ0v) is 18.5. The van der Waals surface area contributed by atoms with Gasteiger partial charge in [0.05, 0.1) is 12.2 Å². The number of esters is 1. The Hall–Kier alpha value is -2.14. The third-order valence-electron chi connectivity index (χ3n) is 4.52. The fourth-order valence-corrected chi connectivity index (χ4v) is 4.23. The van der Waals surface area contributed by atoms with E-state index in [1.807, 2.05) is 0 Å². The first-order valence-corrected chi connectivity index (χ1v) is 11.0. The van der Waals surface area contributed by atoms with Crippen LogP contribution in [0.4, 0.5) is 4.39 Å². The van der Waals surface area contributed by atoms with E-state index in [0.717, 1.165) is 0 Å². The highest BCUT2D eigenvalue weighted by molar-refractivity contribution is 9.10. The SMILES string of the molecule is CCOC(=O)C1=C(CC(CO)CO)NC(c2nccs2)=NC1c1ccc(F)cc1Br. The van der Waals surface area contributed by atoms with Gasteiger partial charge in [-0.25, -0.2) is 14.2 Å². The number of nitrogens with zero attached hydrogens (tertiary/aromatic N) is 2. The van der Waals surface area contributed by atoms with Gasteiger partial charge in [-0.3, -0.25) is 4.99 Å². The molecule has 0 radical (unpaired) electrons. The van der Waals surface area contributed by atoms with E-state index in [4.69, 9.17) is 9.73 Å². The molecule has 1 aromatic carbocycles. The van der Waals surface area contributed by atoms with Crippen LogP contribution in [0.3, 0.4) is 0 Å². The molecule has 2 heterocycles. The Bertz CT molecular complexity index is 961. The zero-order chi connectivity index (χ0) is 21.7. The average Bonchev–Trinajstić information content (AvgIpc) is 3.26. The normalized spacial score (nSPS) is 16.5. The standard InChI is InChI=1S/C20H21BrFN3O4S/c1-2-29-20(28)16-15(7-11(9-26)10-27)24-18(19-23-5-6-30-19)25-17(16)13-4-3-12(22)8-14(13)21/h3-6,8,11,17,26-27H,2,7,9-10H2,1H3,(H,24,25). The number of aliphatic hydroxyl groups excluding tert-OH is 2. The van der Waals surface area contributed by atoms with Crippen molar-refractivity contribution in [1.29, 1.82) is 0 Å². The molecule has 0 saturated heterocycles. The number of aliphatic imine (C=N–C) groups is 1. The molecule has 0 amide bonds. The number of ether oxygens (including phenoxy) is 1. The number of benzene rings is 1. The van der Waals surface area contributed by atoms with Crippen LogP contribution in [0.5, 0.6) is 0 Å².